The van der Waals surface area contributed by atoms with Gasteiger partial charge in [0.1, 0.15) is 0 Å². The molecular formula is C19H22N4O3. The van der Waals surface area contributed by atoms with Crippen LogP contribution in [-0.2, 0) is 9.47 Å². The molecule has 0 saturated carbocycles. The quantitative estimate of drug-likeness (QED) is 0.842. The average molecular weight is 354 g/mol. The van der Waals surface area contributed by atoms with E-state index in [0.717, 1.165) is 5.69 Å². The van der Waals surface area contributed by atoms with Crippen LogP contribution in [0, 0.1) is 0 Å². The van der Waals surface area contributed by atoms with Crippen LogP contribution < -0.4 is 4.90 Å². The molecule has 7 nitrogen and oxygen atoms in total. The number of likely N-dealkylation sites (tertiary alicyclic amines) is 1. The number of ether oxygens (including phenoxy) is 2. The maximum atomic E-state index is 12.7. The third-order valence-corrected chi connectivity index (χ3v) is 4.98. The van der Waals surface area contributed by atoms with E-state index in [9.17, 15) is 4.79 Å². The molecule has 0 atom stereocenters. The van der Waals surface area contributed by atoms with E-state index in [2.05, 4.69) is 10.2 Å². The molecule has 2 aromatic rings. The number of para-hydroxylation sites is 1. The topological polar surface area (TPSA) is 67.8 Å². The van der Waals surface area contributed by atoms with Gasteiger partial charge in [0, 0.05) is 38.7 Å². The van der Waals surface area contributed by atoms with E-state index >= 15 is 0 Å². The summed E-state index contributed by atoms with van der Waals surface area (Å²) in [5, 5.41) is 8.36. The van der Waals surface area contributed by atoms with Gasteiger partial charge < -0.3 is 19.3 Å². The molecular weight excluding hydrogens is 332 g/mol. The first-order valence-electron chi connectivity index (χ1n) is 8.87. The molecule has 2 fully saturated rings. The molecule has 4 rings (SSSR count). The molecule has 1 amide bonds. The molecule has 1 aromatic heterocycles. The van der Waals surface area contributed by atoms with Gasteiger partial charge in [-0.05, 0) is 24.3 Å². The van der Waals surface area contributed by atoms with Crippen LogP contribution in [0.5, 0.6) is 0 Å². The van der Waals surface area contributed by atoms with Gasteiger partial charge in [-0.1, -0.05) is 18.2 Å². The molecule has 2 saturated heterocycles. The van der Waals surface area contributed by atoms with E-state index in [1.165, 1.54) is 0 Å². The van der Waals surface area contributed by atoms with Gasteiger partial charge in [0.15, 0.2) is 17.3 Å². The third kappa shape index (κ3) is 3.27. The number of carbonyl (C=O) groups is 1. The first-order valence-corrected chi connectivity index (χ1v) is 8.87. The number of rotatable bonds is 3. The van der Waals surface area contributed by atoms with Crippen molar-refractivity contribution in [3.63, 3.8) is 0 Å². The predicted molar refractivity (Wildman–Crippen MR) is 96.3 cm³/mol. The van der Waals surface area contributed by atoms with E-state index in [1.54, 1.807) is 11.0 Å². The van der Waals surface area contributed by atoms with Gasteiger partial charge in [0.05, 0.1) is 13.2 Å². The summed E-state index contributed by atoms with van der Waals surface area (Å²) >= 11 is 0. The molecule has 0 radical (unpaired) electrons. The highest BCUT2D eigenvalue weighted by atomic mass is 16.7. The monoisotopic (exact) mass is 354 g/mol. The zero-order valence-corrected chi connectivity index (χ0v) is 14.8. The fourth-order valence-corrected chi connectivity index (χ4v) is 3.40. The second-order valence-corrected chi connectivity index (χ2v) is 6.57. The molecule has 0 bridgehead atoms. The van der Waals surface area contributed by atoms with Gasteiger partial charge >= 0.3 is 0 Å². The van der Waals surface area contributed by atoms with E-state index in [-0.39, 0.29) is 5.91 Å². The Bertz CT molecular complexity index is 750. The SMILES string of the molecule is CN(c1ccccc1)c1ccc(C(=O)N2CCC3(CC2)OCCO3)nn1. The number of anilines is 2. The Morgan fingerprint density at radius 1 is 1.04 bits per heavy atom. The van der Waals surface area contributed by atoms with E-state index in [1.807, 2.05) is 48.3 Å². The van der Waals surface area contributed by atoms with Crippen LogP contribution in [0.1, 0.15) is 23.3 Å². The number of amides is 1. The fraction of sp³-hybridized carbons (Fsp3) is 0.421. The van der Waals surface area contributed by atoms with Crippen molar-refractivity contribution >= 4 is 17.4 Å². The third-order valence-electron chi connectivity index (χ3n) is 4.98. The van der Waals surface area contributed by atoms with Crippen LogP contribution in [0.25, 0.3) is 0 Å². The first kappa shape index (κ1) is 16.9. The molecule has 0 aliphatic carbocycles. The van der Waals surface area contributed by atoms with Crippen LogP contribution in [0.2, 0.25) is 0 Å². The molecule has 26 heavy (non-hydrogen) atoms. The second kappa shape index (κ2) is 7.01. The molecule has 2 aliphatic rings. The van der Waals surface area contributed by atoms with Gasteiger partial charge in [0.2, 0.25) is 0 Å². The summed E-state index contributed by atoms with van der Waals surface area (Å²) in [7, 11) is 1.92. The first-order chi connectivity index (χ1) is 12.7. The Balaban J connectivity index is 1.41. The Hall–Kier alpha value is -2.51. The van der Waals surface area contributed by atoms with Gasteiger partial charge in [-0.2, -0.15) is 0 Å². The summed E-state index contributed by atoms with van der Waals surface area (Å²) in [6.45, 7) is 2.48. The number of nitrogens with zero attached hydrogens (tertiary/aromatic N) is 4. The largest absolute Gasteiger partial charge is 0.347 e. The lowest BCUT2D eigenvalue weighted by Gasteiger charge is -2.37. The summed E-state index contributed by atoms with van der Waals surface area (Å²) in [4.78, 5) is 16.4. The highest BCUT2D eigenvalue weighted by Gasteiger charge is 2.41. The Kier molecular flexibility index (Phi) is 4.57. The molecule has 2 aliphatic heterocycles. The summed E-state index contributed by atoms with van der Waals surface area (Å²) in [6.07, 6.45) is 1.39. The maximum Gasteiger partial charge on any atom is 0.274 e. The lowest BCUT2D eigenvalue weighted by Crippen LogP contribution is -2.47. The van der Waals surface area contributed by atoms with Crippen molar-refractivity contribution < 1.29 is 14.3 Å². The number of carbonyl (C=O) groups excluding carboxylic acids is 1. The number of hydrogen-bond donors (Lipinski definition) is 0. The highest BCUT2D eigenvalue weighted by molar-refractivity contribution is 5.92. The normalized spacial score (nSPS) is 18.9. The maximum absolute atomic E-state index is 12.7. The lowest BCUT2D eigenvalue weighted by atomic mass is 10.0. The van der Waals surface area contributed by atoms with Crippen molar-refractivity contribution in [2.75, 3.05) is 38.3 Å². The van der Waals surface area contributed by atoms with Gasteiger partial charge in [-0.25, -0.2) is 0 Å². The summed E-state index contributed by atoms with van der Waals surface area (Å²) in [6, 6.07) is 13.5. The molecule has 136 valence electrons. The number of aromatic nitrogens is 2. The summed E-state index contributed by atoms with van der Waals surface area (Å²) < 4.78 is 11.4. The van der Waals surface area contributed by atoms with Gasteiger partial charge in [-0.3, -0.25) is 4.79 Å². The molecule has 0 unspecified atom stereocenters. The number of piperidine rings is 1. The number of benzene rings is 1. The Morgan fingerprint density at radius 2 is 1.73 bits per heavy atom. The fourth-order valence-electron chi connectivity index (χ4n) is 3.40. The minimum Gasteiger partial charge on any atom is -0.347 e. The van der Waals surface area contributed by atoms with Gasteiger partial charge in [-0.15, -0.1) is 10.2 Å². The predicted octanol–water partition coefficient (Wildman–Crippen LogP) is 2.22. The van der Waals surface area contributed by atoms with Crippen molar-refractivity contribution in [1.82, 2.24) is 15.1 Å². The zero-order chi connectivity index (χ0) is 18.0. The van der Waals surface area contributed by atoms with Crippen molar-refractivity contribution in [2.45, 2.75) is 18.6 Å². The van der Waals surface area contributed by atoms with E-state index in [0.29, 0.717) is 50.7 Å². The summed E-state index contributed by atoms with van der Waals surface area (Å²) in [5.74, 6) is 0.113. The van der Waals surface area contributed by atoms with Crippen LogP contribution in [-0.4, -0.2) is 60.1 Å². The van der Waals surface area contributed by atoms with Crippen molar-refractivity contribution in [2.24, 2.45) is 0 Å². The Labute approximate surface area is 152 Å². The molecule has 0 N–H and O–H groups in total. The number of hydrogen-bond acceptors (Lipinski definition) is 6. The summed E-state index contributed by atoms with van der Waals surface area (Å²) in [5.41, 5.74) is 1.37. The Morgan fingerprint density at radius 3 is 2.35 bits per heavy atom. The minimum absolute atomic E-state index is 0.0979. The van der Waals surface area contributed by atoms with Crippen LogP contribution >= 0.6 is 0 Å². The minimum atomic E-state index is -0.481. The molecule has 7 heteroatoms. The highest BCUT2D eigenvalue weighted by Crippen LogP contribution is 2.31. The van der Waals surface area contributed by atoms with Crippen molar-refractivity contribution in [3.8, 4) is 0 Å². The molecule has 1 spiro atoms. The van der Waals surface area contributed by atoms with Crippen LogP contribution in [0.3, 0.4) is 0 Å². The lowest BCUT2D eigenvalue weighted by molar-refractivity contribution is -0.181. The smallest absolute Gasteiger partial charge is 0.274 e. The van der Waals surface area contributed by atoms with Crippen molar-refractivity contribution in [3.05, 3.63) is 48.2 Å². The average Bonchev–Trinajstić information content (AvgIpc) is 3.16. The van der Waals surface area contributed by atoms with Crippen molar-refractivity contribution in [1.29, 1.82) is 0 Å². The molecule has 1 aromatic carbocycles. The van der Waals surface area contributed by atoms with Crippen LogP contribution in [0.4, 0.5) is 11.5 Å². The second-order valence-electron chi connectivity index (χ2n) is 6.57. The van der Waals surface area contributed by atoms with Crippen LogP contribution in [0.15, 0.2) is 42.5 Å². The van der Waals surface area contributed by atoms with Gasteiger partial charge in [0.25, 0.3) is 5.91 Å². The van der Waals surface area contributed by atoms with E-state index < -0.39 is 5.79 Å². The molecule has 3 heterocycles. The van der Waals surface area contributed by atoms with E-state index in [4.69, 9.17) is 9.47 Å². The zero-order valence-electron chi connectivity index (χ0n) is 14.8. The standard InChI is InChI=1S/C19H22N4O3/c1-22(15-5-3-2-4-6-15)17-8-7-16(20-21-17)18(24)23-11-9-19(10-12-23)25-13-14-26-19/h2-8H,9-14H2,1H3.